The van der Waals surface area contributed by atoms with Crippen LogP contribution in [0.5, 0.6) is 0 Å². The second-order valence-electron chi connectivity index (χ2n) is 8.35. The first-order valence-corrected chi connectivity index (χ1v) is 12.8. The van der Waals surface area contributed by atoms with Crippen molar-refractivity contribution in [2.45, 2.75) is 18.2 Å². The standard InChI is InChI=1S/C27H28N4O2S/c1-21-24(13-8-14-29-21)25(19-28)30-15-17-31(18-16-30)26(32)20-34(33)27(22-9-4-2-5-10-22)23-11-6-3-7-12-23/h2-14,25,27H,15-18,20H2,1H3. The summed E-state index contributed by atoms with van der Waals surface area (Å²) in [7, 11) is 0. The molecule has 7 heteroatoms. The van der Waals surface area contributed by atoms with Crippen LogP contribution in [0.2, 0.25) is 0 Å². The van der Waals surface area contributed by atoms with Gasteiger partial charge < -0.3 is 9.45 Å². The summed E-state index contributed by atoms with van der Waals surface area (Å²) >= 11 is -1.41. The SMILES string of the molecule is Cc1ncccc1C(C#N)N1CCN(C(=O)C[S+]([O-])C(c2ccccc2)c2ccccc2)CC1. The number of pyridine rings is 1. The number of nitrogens with zero attached hydrogens (tertiary/aromatic N) is 4. The maximum Gasteiger partial charge on any atom is 0.272 e. The molecular weight excluding hydrogens is 444 g/mol. The molecule has 0 bridgehead atoms. The molecule has 0 radical (unpaired) electrons. The minimum Gasteiger partial charge on any atom is -0.615 e. The summed E-state index contributed by atoms with van der Waals surface area (Å²) in [5.74, 6) is -0.140. The second kappa shape index (κ2) is 11.3. The highest BCUT2D eigenvalue weighted by molar-refractivity contribution is 7.92. The fourth-order valence-corrected chi connectivity index (χ4v) is 5.93. The lowest BCUT2D eigenvalue weighted by molar-refractivity contribution is -0.130. The first-order valence-electron chi connectivity index (χ1n) is 11.4. The Morgan fingerprint density at radius 1 is 1.00 bits per heavy atom. The van der Waals surface area contributed by atoms with Crippen LogP contribution in [0.1, 0.15) is 33.7 Å². The average molecular weight is 473 g/mol. The van der Waals surface area contributed by atoms with Gasteiger partial charge in [-0.3, -0.25) is 14.7 Å². The molecule has 2 atom stereocenters. The summed E-state index contributed by atoms with van der Waals surface area (Å²) in [6.45, 7) is 4.10. The molecule has 0 saturated carbocycles. The Kier molecular flexibility index (Phi) is 7.96. The van der Waals surface area contributed by atoms with Crippen molar-refractivity contribution in [2.75, 3.05) is 31.9 Å². The van der Waals surface area contributed by atoms with Crippen LogP contribution in [0.15, 0.2) is 79.0 Å². The predicted octanol–water partition coefficient (Wildman–Crippen LogP) is 3.64. The number of amides is 1. The molecule has 174 valence electrons. The molecule has 0 N–H and O–H groups in total. The molecule has 3 aromatic rings. The van der Waals surface area contributed by atoms with Crippen LogP contribution in [0.3, 0.4) is 0 Å². The van der Waals surface area contributed by atoms with Gasteiger partial charge in [-0.15, -0.1) is 0 Å². The number of aromatic nitrogens is 1. The average Bonchev–Trinajstić information content (AvgIpc) is 2.87. The molecule has 1 aliphatic rings. The molecule has 2 heterocycles. The van der Waals surface area contributed by atoms with Gasteiger partial charge in [-0.2, -0.15) is 5.26 Å². The molecule has 1 fully saturated rings. The van der Waals surface area contributed by atoms with Crippen LogP contribution < -0.4 is 0 Å². The summed E-state index contributed by atoms with van der Waals surface area (Å²) in [4.78, 5) is 21.2. The first-order chi connectivity index (χ1) is 16.6. The molecule has 0 spiro atoms. The number of piperazine rings is 1. The number of hydrogen-bond acceptors (Lipinski definition) is 5. The number of carbonyl (C=O) groups is 1. The lowest BCUT2D eigenvalue weighted by atomic mass is 10.0. The second-order valence-corrected chi connectivity index (χ2v) is 9.87. The minimum absolute atomic E-state index is 0.0299. The number of benzene rings is 2. The van der Waals surface area contributed by atoms with Crippen molar-refractivity contribution in [1.82, 2.24) is 14.8 Å². The lowest BCUT2D eigenvalue weighted by Crippen LogP contribution is -2.51. The number of carbonyl (C=O) groups excluding carboxylic acids is 1. The molecule has 1 saturated heterocycles. The van der Waals surface area contributed by atoms with Gasteiger partial charge in [-0.05, 0) is 24.2 Å². The smallest absolute Gasteiger partial charge is 0.272 e. The monoisotopic (exact) mass is 472 g/mol. The van der Waals surface area contributed by atoms with Crippen LogP contribution in [0, 0.1) is 18.3 Å². The van der Waals surface area contributed by atoms with E-state index in [1.807, 2.05) is 79.7 Å². The van der Waals surface area contributed by atoms with Crippen molar-refractivity contribution in [3.05, 3.63) is 101 Å². The topological polar surface area (TPSA) is 83.3 Å². The normalized spacial score (nSPS) is 16.1. The Bertz CT molecular complexity index is 1090. The zero-order valence-corrected chi connectivity index (χ0v) is 20.0. The van der Waals surface area contributed by atoms with E-state index in [1.54, 1.807) is 11.1 Å². The Morgan fingerprint density at radius 2 is 1.59 bits per heavy atom. The minimum atomic E-state index is -1.41. The zero-order valence-electron chi connectivity index (χ0n) is 19.2. The van der Waals surface area contributed by atoms with Gasteiger partial charge in [-0.25, -0.2) is 0 Å². The van der Waals surface area contributed by atoms with Crippen LogP contribution in [0.4, 0.5) is 0 Å². The Labute approximate surface area is 204 Å². The van der Waals surface area contributed by atoms with Crippen LogP contribution in [-0.2, 0) is 16.0 Å². The zero-order chi connectivity index (χ0) is 23.9. The molecule has 6 nitrogen and oxygen atoms in total. The summed E-state index contributed by atoms with van der Waals surface area (Å²) < 4.78 is 13.4. The number of hydrogen-bond donors (Lipinski definition) is 0. The van der Waals surface area contributed by atoms with Gasteiger partial charge in [0.25, 0.3) is 5.91 Å². The van der Waals surface area contributed by atoms with Gasteiger partial charge in [0.05, 0.1) is 6.07 Å². The third-order valence-corrected chi connectivity index (χ3v) is 7.83. The van der Waals surface area contributed by atoms with Crippen molar-refractivity contribution in [2.24, 2.45) is 0 Å². The lowest BCUT2D eigenvalue weighted by Gasteiger charge is -2.37. The fraction of sp³-hybridized carbons (Fsp3) is 0.296. The summed E-state index contributed by atoms with van der Waals surface area (Å²) in [6, 6.07) is 25.2. The Morgan fingerprint density at radius 3 is 2.12 bits per heavy atom. The van der Waals surface area contributed by atoms with E-state index < -0.39 is 11.2 Å². The highest BCUT2D eigenvalue weighted by Gasteiger charge is 2.33. The van der Waals surface area contributed by atoms with Gasteiger partial charge in [0.1, 0.15) is 6.04 Å². The molecule has 1 aliphatic heterocycles. The molecule has 2 unspecified atom stereocenters. The van der Waals surface area contributed by atoms with E-state index in [9.17, 15) is 14.6 Å². The highest BCUT2D eigenvalue weighted by Crippen LogP contribution is 2.31. The molecule has 4 rings (SSSR count). The van der Waals surface area contributed by atoms with Gasteiger partial charge >= 0.3 is 0 Å². The van der Waals surface area contributed by atoms with Crippen molar-refractivity contribution < 1.29 is 9.35 Å². The largest absolute Gasteiger partial charge is 0.615 e. The van der Waals surface area contributed by atoms with Crippen molar-refractivity contribution in [1.29, 1.82) is 5.26 Å². The van der Waals surface area contributed by atoms with Gasteiger partial charge in [-0.1, -0.05) is 66.7 Å². The van der Waals surface area contributed by atoms with Crippen LogP contribution in [-0.4, -0.2) is 57.2 Å². The van der Waals surface area contributed by atoms with E-state index in [4.69, 9.17) is 0 Å². The van der Waals surface area contributed by atoms with E-state index in [0.29, 0.717) is 26.2 Å². The molecule has 2 aromatic carbocycles. The number of rotatable bonds is 7. The number of aryl methyl sites for hydroxylation is 1. The quantitative estimate of drug-likeness (QED) is 0.490. The predicted molar refractivity (Wildman–Crippen MR) is 133 cm³/mol. The van der Waals surface area contributed by atoms with Crippen molar-refractivity contribution >= 4 is 17.1 Å². The molecule has 0 aliphatic carbocycles. The number of nitriles is 1. The van der Waals surface area contributed by atoms with E-state index >= 15 is 0 Å². The third-order valence-electron chi connectivity index (χ3n) is 6.23. The molecule has 1 aromatic heterocycles. The summed E-state index contributed by atoms with van der Waals surface area (Å²) in [5.41, 5.74) is 3.62. The van der Waals surface area contributed by atoms with E-state index in [2.05, 4.69) is 16.0 Å². The molecule has 34 heavy (non-hydrogen) atoms. The van der Waals surface area contributed by atoms with E-state index in [-0.39, 0.29) is 23.0 Å². The van der Waals surface area contributed by atoms with Crippen molar-refractivity contribution in [3.63, 3.8) is 0 Å². The third kappa shape index (κ3) is 5.48. The first kappa shape index (κ1) is 24.0. The maximum atomic E-state index is 13.4. The Balaban J connectivity index is 1.41. The summed E-state index contributed by atoms with van der Waals surface area (Å²) in [5, 5.41) is 9.43. The summed E-state index contributed by atoms with van der Waals surface area (Å²) in [6.07, 6.45) is 1.72. The Hall–Kier alpha value is -3.18. The van der Waals surface area contributed by atoms with Crippen LogP contribution >= 0.6 is 0 Å². The van der Waals surface area contributed by atoms with Gasteiger partial charge in [0.15, 0.2) is 11.0 Å². The van der Waals surface area contributed by atoms with Crippen molar-refractivity contribution in [3.8, 4) is 6.07 Å². The molecule has 1 amide bonds. The van der Waals surface area contributed by atoms with E-state index in [0.717, 1.165) is 22.4 Å². The maximum absolute atomic E-state index is 13.4. The van der Waals surface area contributed by atoms with Gasteiger partial charge in [0, 0.05) is 54.8 Å². The molecular formula is C27H28N4O2S. The van der Waals surface area contributed by atoms with Crippen LogP contribution in [0.25, 0.3) is 0 Å². The van der Waals surface area contributed by atoms with Gasteiger partial charge in [0.2, 0.25) is 0 Å². The highest BCUT2D eigenvalue weighted by atomic mass is 32.2. The fourth-order valence-electron chi connectivity index (χ4n) is 4.41. The van der Waals surface area contributed by atoms with E-state index in [1.165, 1.54) is 0 Å².